The Kier molecular flexibility index (Phi) is 6.11. The van der Waals surface area contributed by atoms with E-state index in [-0.39, 0.29) is 6.61 Å². The number of carbonyl (C=O) groups excluding carboxylic acids is 1. The van der Waals surface area contributed by atoms with Crippen molar-refractivity contribution in [3.63, 3.8) is 0 Å². The molecule has 0 N–H and O–H groups in total. The van der Waals surface area contributed by atoms with Gasteiger partial charge in [-0.05, 0) is 31.5 Å². The summed E-state index contributed by atoms with van der Waals surface area (Å²) in [4.78, 5) is 11.4. The molecule has 1 atom stereocenters. The van der Waals surface area contributed by atoms with Crippen molar-refractivity contribution in [1.82, 2.24) is 0 Å². The molecule has 1 unspecified atom stereocenters. The van der Waals surface area contributed by atoms with Gasteiger partial charge < -0.3 is 14.2 Å². The van der Waals surface area contributed by atoms with Crippen LogP contribution in [-0.2, 0) is 9.53 Å². The molecule has 20 heavy (non-hydrogen) atoms. The first-order valence-electron chi connectivity index (χ1n) is 6.13. The van der Waals surface area contributed by atoms with Crippen LogP contribution in [0.5, 0.6) is 11.5 Å². The number of nitrogens with zero attached hydrogens (tertiary/aromatic N) is 1. The Morgan fingerprint density at radius 2 is 2.20 bits per heavy atom. The quantitative estimate of drug-likeness (QED) is 0.746. The summed E-state index contributed by atoms with van der Waals surface area (Å²) in [6, 6.07) is 7.18. The molecule has 0 fully saturated rings. The highest BCUT2D eigenvalue weighted by atomic mass is 16.6. The second kappa shape index (κ2) is 7.85. The molecule has 0 aliphatic rings. The molecule has 0 bridgehead atoms. The van der Waals surface area contributed by atoms with E-state index >= 15 is 0 Å². The minimum Gasteiger partial charge on any atom is -0.493 e. The highest BCUT2D eigenvalue weighted by molar-refractivity contribution is 5.71. The summed E-state index contributed by atoms with van der Waals surface area (Å²) in [7, 11) is 1.53. The van der Waals surface area contributed by atoms with Crippen molar-refractivity contribution in [1.29, 1.82) is 5.26 Å². The number of nitriles is 1. The van der Waals surface area contributed by atoms with Crippen LogP contribution in [0.15, 0.2) is 24.3 Å². The second-order valence-electron chi connectivity index (χ2n) is 3.96. The predicted octanol–water partition coefficient (Wildman–Crippen LogP) is 2.56. The summed E-state index contributed by atoms with van der Waals surface area (Å²) < 4.78 is 15.3. The van der Waals surface area contributed by atoms with Crippen molar-refractivity contribution in [2.24, 2.45) is 0 Å². The normalized spacial score (nSPS) is 11.7. The molecule has 0 aliphatic carbocycles. The molecule has 1 rings (SSSR count). The van der Waals surface area contributed by atoms with Crippen LogP contribution in [0.2, 0.25) is 0 Å². The second-order valence-corrected chi connectivity index (χ2v) is 3.96. The van der Waals surface area contributed by atoms with E-state index in [1.807, 2.05) is 31.2 Å². The number of benzene rings is 1. The molecule has 106 valence electrons. The number of esters is 1. The third-order valence-corrected chi connectivity index (χ3v) is 2.38. The van der Waals surface area contributed by atoms with Crippen LogP contribution in [0, 0.1) is 11.3 Å². The zero-order chi connectivity index (χ0) is 15.0. The molecule has 0 saturated heterocycles. The summed E-state index contributed by atoms with van der Waals surface area (Å²) in [5.74, 6) is 0.377. The smallest absolute Gasteiger partial charge is 0.345 e. The highest BCUT2D eigenvalue weighted by Gasteiger charge is 2.11. The van der Waals surface area contributed by atoms with Gasteiger partial charge in [0.1, 0.15) is 6.07 Å². The zero-order valence-electron chi connectivity index (χ0n) is 11.8. The lowest BCUT2D eigenvalue weighted by Gasteiger charge is -2.11. The Morgan fingerprint density at radius 3 is 2.80 bits per heavy atom. The van der Waals surface area contributed by atoms with Crippen molar-refractivity contribution in [2.75, 3.05) is 13.7 Å². The molecule has 0 radical (unpaired) electrons. The molecule has 0 heterocycles. The maximum Gasteiger partial charge on any atom is 0.345 e. The van der Waals surface area contributed by atoms with Gasteiger partial charge in [-0.15, -0.1) is 0 Å². The van der Waals surface area contributed by atoms with Crippen molar-refractivity contribution in [3.05, 3.63) is 29.8 Å². The lowest BCUT2D eigenvalue weighted by atomic mass is 10.2. The standard InChI is InChI=1S/C15H17NO4/c1-4-5-12-6-7-13(14(8-12)18-3)19-10-15(17)20-11(2)9-16/h4-8,11H,10H2,1-3H3. The van der Waals surface area contributed by atoms with Crippen molar-refractivity contribution in [2.45, 2.75) is 20.0 Å². The van der Waals surface area contributed by atoms with Crippen LogP contribution in [0.25, 0.3) is 6.08 Å². The van der Waals surface area contributed by atoms with Crippen LogP contribution < -0.4 is 9.47 Å². The first-order chi connectivity index (χ1) is 9.60. The fourth-order valence-electron chi connectivity index (χ4n) is 1.49. The summed E-state index contributed by atoms with van der Waals surface area (Å²) in [5, 5.41) is 8.54. The lowest BCUT2D eigenvalue weighted by Crippen LogP contribution is -2.19. The number of ether oxygens (including phenoxy) is 3. The third kappa shape index (κ3) is 4.65. The average Bonchev–Trinajstić information content (AvgIpc) is 2.45. The first kappa shape index (κ1) is 15.6. The molecule has 0 saturated carbocycles. The fraction of sp³-hybridized carbons (Fsp3) is 0.333. The summed E-state index contributed by atoms with van der Waals surface area (Å²) >= 11 is 0. The van der Waals surface area contributed by atoms with E-state index in [1.54, 1.807) is 12.1 Å². The number of hydrogen-bond acceptors (Lipinski definition) is 5. The predicted molar refractivity (Wildman–Crippen MR) is 74.4 cm³/mol. The van der Waals surface area contributed by atoms with Gasteiger partial charge in [-0.25, -0.2) is 4.79 Å². The van der Waals surface area contributed by atoms with E-state index in [0.717, 1.165) is 5.56 Å². The van der Waals surface area contributed by atoms with E-state index in [4.69, 9.17) is 19.5 Å². The molecule has 1 aromatic rings. The van der Waals surface area contributed by atoms with Crippen LogP contribution in [-0.4, -0.2) is 25.8 Å². The molecule has 5 heteroatoms. The van der Waals surface area contributed by atoms with Gasteiger partial charge in [-0.3, -0.25) is 0 Å². The number of rotatable bonds is 6. The van der Waals surface area contributed by atoms with E-state index in [1.165, 1.54) is 14.0 Å². The van der Waals surface area contributed by atoms with Crippen LogP contribution >= 0.6 is 0 Å². The van der Waals surface area contributed by atoms with E-state index < -0.39 is 12.1 Å². The first-order valence-corrected chi connectivity index (χ1v) is 6.13. The van der Waals surface area contributed by atoms with Crippen LogP contribution in [0.1, 0.15) is 19.4 Å². The lowest BCUT2D eigenvalue weighted by molar-refractivity contribution is -0.148. The van der Waals surface area contributed by atoms with E-state index in [0.29, 0.717) is 11.5 Å². The maximum atomic E-state index is 11.4. The highest BCUT2D eigenvalue weighted by Crippen LogP contribution is 2.28. The Bertz CT molecular complexity index is 531. The van der Waals surface area contributed by atoms with Gasteiger partial charge >= 0.3 is 5.97 Å². The van der Waals surface area contributed by atoms with Gasteiger partial charge in [0, 0.05) is 0 Å². The molecular weight excluding hydrogens is 258 g/mol. The Balaban J connectivity index is 2.68. The fourth-order valence-corrected chi connectivity index (χ4v) is 1.49. The van der Waals surface area contributed by atoms with Gasteiger partial charge in [0.25, 0.3) is 0 Å². The molecular formula is C15H17NO4. The molecule has 0 aliphatic heterocycles. The van der Waals surface area contributed by atoms with Gasteiger partial charge in [-0.2, -0.15) is 5.26 Å². The minimum absolute atomic E-state index is 0.272. The Labute approximate surface area is 118 Å². The summed E-state index contributed by atoms with van der Waals surface area (Å²) in [5.41, 5.74) is 0.970. The van der Waals surface area contributed by atoms with E-state index in [2.05, 4.69) is 0 Å². The Morgan fingerprint density at radius 1 is 1.45 bits per heavy atom. The molecule has 1 aromatic carbocycles. The number of carbonyl (C=O) groups is 1. The van der Waals surface area contributed by atoms with Crippen LogP contribution in [0.4, 0.5) is 0 Å². The third-order valence-electron chi connectivity index (χ3n) is 2.38. The van der Waals surface area contributed by atoms with E-state index in [9.17, 15) is 4.79 Å². The molecule has 0 spiro atoms. The topological polar surface area (TPSA) is 68.5 Å². The minimum atomic E-state index is -0.787. The average molecular weight is 275 g/mol. The van der Waals surface area contributed by atoms with Gasteiger partial charge in [0.05, 0.1) is 7.11 Å². The van der Waals surface area contributed by atoms with Crippen molar-refractivity contribution in [3.8, 4) is 17.6 Å². The monoisotopic (exact) mass is 275 g/mol. The number of methoxy groups -OCH3 is 1. The van der Waals surface area contributed by atoms with Crippen molar-refractivity contribution < 1.29 is 19.0 Å². The number of hydrogen-bond donors (Lipinski definition) is 0. The summed E-state index contributed by atoms with van der Waals surface area (Å²) in [6.07, 6.45) is 3.05. The van der Waals surface area contributed by atoms with Gasteiger partial charge in [0.15, 0.2) is 24.2 Å². The largest absolute Gasteiger partial charge is 0.493 e. The van der Waals surface area contributed by atoms with Crippen molar-refractivity contribution >= 4 is 12.0 Å². The number of allylic oxidation sites excluding steroid dienone is 1. The van der Waals surface area contributed by atoms with Gasteiger partial charge in [0.2, 0.25) is 0 Å². The maximum absolute atomic E-state index is 11.4. The van der Waals surface area contributed by atoms with Gasteiger partial charge in [-0.1, -0.05) is 18.2 Å². The SMILES string of the molecule is CC=Cc1ccc(OCC(=O)OC(C)C#N)c(OC)c1. The Hall–Kier alpha value is -2.48. The molecule has 0 amide bonds. The zero-order valence-corrected chi connectivity index (χ0v) is 11.8. The molecule has 5 nitrogen and oxygen atoms in total. The van der Waals surface area contributed by atoms with Crippen LogP contribution in [0.3, 0.4) is 0 Å². The molecule has 0 aromatic heterocycles. The summed E-state index contributed by atoms with van der Waals surface area (Å²) in [6.45, 7) is 3.14.